The molecule has 0 saturated heterocycles. The van der Waals surface area contributed by atoms with Gasteiger partial charge in [-0.25, -0.2) is 14.3 Å². The van der Waals surface area contributed by atoms with E-state index in [2.05, 4.69) is 10.1 Å². The molecule has 0 aliphatic rings. The van der Waals surface area contributed by atoms with Gasteiger partial charge in [0.15, 0.2) is 17.2 Å². The maximum Gasteiger partial charge on any atom is 0.356 e. The minimum Gasteiger partial charge on any atom is -0.485 e. The maximum absolute atomic E-state index is 11.7. The molecule has 0 aliphatic carbocycles. The topological polar surface area (TPSA) is 65.7 Å². The lowest BCUT2D eigenvalue weighted by atomic mass is 10.2. The van der Waals surface area contributed by atoms with Crippen molar-refractivity contribution in [3.8, 4) is 5.75 Å². The summed E-state index contributed by atoms with van der Waals surface area (Å²) in [5.74, 6) is 0.830. The van der Waals surface area contributed by atoms with Crippen LogP contribution in [0.25, 0.3) is 5.65 Å². The molecule has 6 nitrogen and oxygen atoms in total. The van der Waals surface area contributed by atoms with Crippen molar-refractivity contribution < 1.29 is 14.3 Å². The summed E-state index contributed by atoms with van der Waals surface area (Å²) in [6.07, 6.45) is 0. The fraction of sp³-hybridized carbons (Fsp3) is 0.188. The molecule has 0 atom stereocenters. The number of ether oxygens (including phenoxy) is 2. The van der Waals surface area contributed by atoms with Crippen molar-refractivity contribution >= 4 is 11.6 Å². The van der Waals surface area contributed by atoms with Gasteiger partial charge >= 0.3 is 5.97 Å². The Balaban J connectivity index is 1.86. The van der Waals surface area contributed by atoms with E-state index in [4.69, 9.17) is 9.47 Å². The molecule has 6 heteroatoms. The van der Waals surface area contributed by atoms with Gasteiger partial charge in [-0.15, -0.1) is 5.10 Å². The zero-order valence-electron chi connectivity index (χ0n) is 12.3. The molecule has 2 heterocycles. The lowest BCUT2D eigenvalue weighted by Gasteiger charge is -2.05. The molecule has 0 fully saturated rings. The largest absolute Gasteiger partial charge is 0.485 e. The van der Waals surface area contributed by atoms with Crippen LogP contribution >= 0.6 is 0 Å². The molecule has 0 radical (unpaired) electrons. The molecule has 0 aliphatic heterocycles. The van der Waals surface area contributed by atoms with E-state index in [1.807, 2.05) is 31.2 Å². The van der Waals surface area contributed by atoms with Crippen molar-refractivity contribution in [2.45, 2.75) is 13.5 Å². The van der Waals surface area contributed by atoms with E-state index in [0.717, 1.165) is 11.3 Å². The highest BCUT2D eigenvalue weighted by Gasteiger charge is 2.13. The molecule has 0 unspecified atom stereocenters. The van der Waals surface area contributed by atoms with Crippen molar-refractivity contribution in [1.82, 2.24) is 14.6 Å². The Morgan fingerprint density at radius 1 is 1.18 bits per heavy atom. The van der Waals surface area contributed by atoms with Crippen molar-refractivity contribution in [3.63, 3.8) is 0 Å². The quantitative estimate of drug-likeness (QED) is 0.692. The molecule has 0 N–H and O–H groups in total. The summed E-state index contributed by atoms with van der Waals surface area (Å²) in [6, 6.07) is 12.9. The summed E-state index contributed by atoms with van der Waals surface area (Å²) in [7, 11) is 1.33. The maximum atomic E-state index is 11.7. The number of fused-ring (bicyclic) bond motifs is 1. The highest BCUT2D eigenvalue weighted by atomic mass is 16.5. The first-order valence-electron chi connectivity index (χ1n) is 6.80. The predicted octanol–water partition coefficient (Wildman–Crippen LogP) is 2.40. The van der Waals surface area contributed by atoms with Gasteiger partial charge in [0, 0.05) is 0 Å². The van der Waals surface area contributed by atoms with Crippen molar-refractivity contribution in [3.05, 3.63) is 59.5 Å². The number of esters is 1. The van der Waals surface area contributed by atoms with Crippen LogP contribution in [0.1, 0.15) is 21.9 Å². The molecule has 22 heavy (non-hydrogen) atoms. The number of benzene rings is 1. The van der Waals surface area contributed by atoms with Crippen LogP contribution in [-0.4, -0.2) is 27.7 Å². The lowest BCUT2D eigenvalue weighted by molar-refractivity contribution is 0.0590. The standard InChI is InChI=1S/C16H15N3O3/c1-11-6-3-4-8-13(11)22-10-14-17-15-9-5-7-12(16(20)21-2)19(15)18-14/h3-9H,10H2,1-2H3. The third-order valence-corrected chi connectivity index (χ3v) is 3.25. The second-order valence-corrected chi connectivity index (χ2v) is 4.75. The minimum absolute atomic E-state index is 0.229. The number of nitrogens with zero attached hydrogens (tertiary/aromatic N) is 3. The molecule has 2 aromatic heterocycles. The zero-order chi connectivity index (χ0) is 15.5. The second kappa shape index (κ2) is 5.85. The van der Waals surface area contributed by atoms with Crippen LogP contribution in [-0.2, 0) is 11.3 Å². The second-order valence-electron chi connectivity index (χ2n) is 4.75. The van der Waals surface area contributed by atoms with E-state index in [1.54, 1.807) is 18.2 Å². The number of hydrogen-bond donors (Lipinski definition) is 0. The average Bonchev–Trinajstić information content (AvgIpc) is 2.96. The zero-order valence-corrected chi connectivity index (χ0v) is 12.3. The van der Waals surface area contributed by atoms with E-state index < -0.39 is 5.97 Å². The van der Waals surface area contributed by atoms with Gasteiger partial charge in [0.1, 0.15) is 12.4 Å². The monoisotopic (exact) mass is 297 g/mol. The molecule has 3 rings (SSSR count). The summed E-state index contributed by atoms with van der Waals surface area (Å²) in [4.78, 5) is 16.1. The molecule has 0 saturated carbocycles. The number of para-hydroxylation sites is 1. The molecule has 112 valence electrons. The van der Waals surface area contributed by atoms with E-state index in [-0.39, 0.29) is 6.61 Å². The molecule has 0 amide bonds. The first-order valence-corrected chi connectivity index (χ1v) is 6.80. The number of aromatic nitrogens is 3. The van der Waals surface area contributed by atoms with Crippen LogP contribution in [0, 0.1) is 6.92 Å². The SMILES string of the molecule is COC(=O)c1cccc2nc(COc3ccccc3C)nn12. The predicted molar refractivity (Wildman–Crippen MR) is 79.8 cm³/mol. The van der Waals surface area contributed by atoms with E-state index in [1.165, 1.54) is 11.6 Å². The van der Waals surface area contributed by atoms with Gasteiger partial charge in [-0.3, -0.25) is 0 Å². The van der Waals surface area contributed by atoms with E-state index >= 15 is 0 Å². The first kappa shape index (κ1) is 14.1. The van der Waals surface area contributed by atoms with E-state index in [0.29, 0.717) is 17.2 Å². The molecule has 1 aromatic carbocycles. The number of methoxy groups -OCH3 is 1. The van der Waals surface area contributed by atoms with Crippen LogP contribution in [0.5, 0.6) is 5.75 Å². The first-order chi connectivity index (χ1) is 10.7. The van der Waals surface area contributed by atoms with Gasteiger partial charge in [0.05, 0.1) is 7.11 Å². The van der Waals surface area contributed by atoms with Crippen LogP contribution in [0.15, 0.2) is 42.5 Å². The van der Waals surface area contributed by atoms with Crippen LogP contribution in [0.2, 0.25) is 0 Å². The highest BCUT2D eigenvalue weighted by Crippen LogP contribution is 2.17. The lowest BCUT2D eigenvalue weighted by Crippen LogP contribution is -2.09. The normalized spacial score (nSPS) is 10.6. The fourth-order valence-corrected chi connectivity index (χ4v) is 2.13. The van der Waals surface area contributed by atoms with Gasteiger partial charge in [0.25, 0.3) is 0 Å². The highest BCUT2D eigenvalue weighted by molar-refractivity contribution is 5.88. The van der Waals surface area contributed by atoms with Gasteiger partial charge in [-0.1, -0.05) is 24.3 Å². The van der Waals surface area contributed by atoms with Gasteiger partial charge in [0.2, 0.25) is 0 Å². The van der Waals surface area contributed by atoms with Crippen LogP contribution in [0.3, 0.4) is 0 Å². The van der Waals surface area contributed by atoms with Crippen LogP contribution < -0.4 is 4.74 Å². The Morgan fingerprint density at radius 3 is 2.77 bits per heavy atom. The third-order valence-electron chi connectivity index (χ3n) is 3.25. The third kappa shape index (κ3) is 2.63. The van der Waals surface area contributed by atoms with Crippen molar-refractivity contribution in [1.29, 1.82) is 0 Å². The number of carbonyl (C=O) groups is 1. The fourth-order valence-electron chi connectivity index (χ4n) is 2.13. The summed E-state index contributed by atoms with van der Waals surface area (Å²) in [5, 5.41) is 4.31. The van der Waals surface area contributed by atoms with Gasteiger partial charge in [-0.2, -0.15) is 0 Å². The smallest absolute Gasteiger partial charge is 0.356 e. The number of carbonyl (C=O) groups excluding carboxylic acids is 1. The average molecular weight is 297 g/mol. The Morgan fingerprint density at radius 2 is 2.00 bits per heavy atom. The Kier molecular flexibility index (Phi) is 3.74. The Bertz CT molecular complexity index is 826. The molecule has 0 spiro atoms. The minimum atomic E-state index is -0.457. The number of hydrogen-bond acceptors (Lipinski definition) is 5. The number of pyridine rings is 1. The van der Waals surface area contributed by atoms with Crippen molar-refractivity contribution in [2.24, 2.45) is 0 Å². The summed E-state index contributed by atoms with van der Waals surface area (Å²) < 4.78 is 11.9. The van der Waals surface area contributed by atoms with Gasteiger partial charge in [-0.05, 0) is 30.7 Å². The number of aryl methyl sites for hydroxylation is 1. The molecule has 0 bridgehead atoms. The Labute approximate surface area is 127 Å². The van der Waals surface area contributed by atoms with E-state index in [9.17, 15) is 4.79 Å². The Hall–Kier alpha value is -2.89. The number of rotatable bonds is 4. The summed E-state index contributed by atoms with van der Waals surface area (Å²) in [5.41, 5.74) is 1.95. The van der Waals surface area contributed by atoms with Crippen molar-refractivity contribution in [2.75, 3.05) is 7.11 Å². The molecular formula is C16H15N3O3. The summed E-state index contributed by atoms with van der Waals surface area (Å²) >= 11 is 0. The summed E-state index contributed by atoms with van der Waals surface area (Å²) in [6.45, 7) is 2.20. The van der Waals surface area contributed by atoms with Gasteiger partial charge < -0.3 is 9.47 Å². The van der Waals surface area contributed by atoms with Crippen LogP contribution in [0.4, 0.5) is 0 Å². The molecule has 3 aromatic rings. The molecular weight excluding hydrogens is 282 g/mol.